The van der Waals surface area contributed by atoms with E-state index in [0.29, 0.717) is 18.7 Å². The van der Waals surface area contributed by atoms with Gasteiger partial charge in [-0.1, -0.05) is 0 Å². The lowest BCUT2D eigenvalue weighted by molar-refractivity contribution is -0.121. The van der Waals surface area contributed by atoms with Gasteiger partial charge < -0.3 is 15.5 Å². The molecular formula is C13H17N3O2. The third kappa shape index (κ3) is 2.80. The Kier molecular flexibility index (Phi) is 3.82. The van der Waals surface area contributed by atoms with Crippen LogP contribution < -0.4 is 10.6 Å². The molecule has 0 saturated carbocycles. The van der Waals surface area contributed by atoms with Gasteiger partial charge in [-0.05, 0) is 30.7 Å². The normalized spacial score (nSPS) is 15.8. The lowest BCUT2D eigenvalue weighted by Gasteiger charge is -2.19. The Hall–Kier alpha value is -2.04. The van der Waals surface area contributed by atoms with Gasteiger partial charge in [0.25, 0.3) is 5.91 Å². The van der Waals surface area contributed by atoms with Crippen LogP contribution in [-0.2, 0) is 4.79 Å². The van der Waals surface area contributed by atoms with E-state index < -0.39 is 0 Å². The predicted molar refractivity (Wildman–Crippen MR) is 69.5 cm³/mol. The van der Waals surface area contributed by atoms with E-state index in [2.05, 4.69) is 10.6 Å². The highest BCUT2D eigenvalue weighted by Gasteiger charge is 2.20. The van der Waals surface area contributed by atoms with Gasteiger partial charge in [0.1, 0.15) is 0 Å². The fourth-order valence-corrected chi connectivity index (χ4v) is 1.94. The first kappa shape index (κ1) is 12.4. The molecule has 2 N–H and O–H groups in total. The van der Waals surface area contributed by atoms with E-state index in [0.717, 1.165) is 12.1 Å². The second-order valence-electron chi connectivity index (χ2n) is 4.26. The molecule has 2 amide bonds. The molecule has 0 atom stereocenters. The fraction of sp³-hybridized carbons (Fsp3) is 0.385. The molecule has 0 bridgehead atoms. The van der Waals surface area contributed by atoms with E-state index >= 15 is 0 Å². The van der Waals surface area contributed by atoms with Gasteiger partial charge in [0, 0.05) is 31.4 Å². The highest BCUT2D eigenvalue weighted by atomic mass is 16.2. The largest absolute Gasteiger partial charge is 0.388 e. The van der Waals surface area contributed by atoms with Crippen molar-refractivity contribution in [3.05, 3.63) is 29.8 Å². The Morgan fingerprint density at radius 2 is 2.06 bits per heavy atom. The standard InChI is InChI=1S/C13H17N3O2/c1-14-11-5-3-10(4-6-11)13(18)16-8-2-7-15-12(17)9-16/h3-6,14H,2,7-9H2,1H3,(H,15,17). The number of nitrogens with zero attached hydrogens (tertiary/aromatic N) is 1. The number of carbonyl (C=O) groups excluding carboxylic acids is 2. The lowest BCUT2D eigenvalue weighted by atomic mass is 10.1. The van der Waals surface area contributed by atoms with E-state index in [1.807, 2.05) is 19.2 Å². The van der Waals surface area contributed by atoms with Crippen LogP contribution in [0.2, 0.25) is 0 Å². The molecule has 0 spiro atoms. The summed E-state index contributed by atoms with van der Waals surface area (Å²) >= 11 is 0. The molecule has 18 heavy (non-hydrogen) atoms. The van der Waals surface area contributed by atoms with E-state index in [9.17, 15) is 9.59 Å². The molecule has 1 aromatic rings. The van der Waals surface area contributed by atoms with Crippen LogP contribution in [-0.4, -0.2) is 43.4 Å². The first-order valence-electron chi connectivity index (χ1n) is 6.04. The SMILES string of the molecule is CNc1ccc(C(=O)N2CCCNC(=O)C2)cc1. The van der Waals surface area contributed by atoms with Crippen LogP contribution in [0.4, 0.5) is 5.69 Å². The minimum Gasteiger partial charge on any atom is -0.388 e. The second kappa shape index (κ2) is 5.53. The average molecular weight is 247 g/mol. The summed E-state index contributed by atoms with van der Waals surface area (Å²) < 4.78 is 0. The Morgan fingerprint density at radius 3 is 2.72 bits per heavy atom. The van der Waals surface area contributed by atoms with Crippen LogP contribution in [0.5, 0.6) is 0 Å². The molecule has 5 heteroatoms. The van der Waals surface area contributed by atoms with Crippen molar-refractivity contribution in [3.63, 3.8) is 0 Å². The number of hydrogen-bond acceptors (Lipinski definition) is 3. The number of anilines is 1. The summed E-state index contributed by atoms with van der Waals surface area (Å²) in [6, 6.07) is 7.25. The number of benzene rings is 1. The van der Waals surface area contributed by atoms with Crippen molar-refractivity contribution in [1.82, 2.24) is 10.2 Å². The summed E-state index contributed by atoms with van der Waals surface area (Å²) in [7, 11) is 1.83. The molecule has 0 aromatic heterocycles. The number of hydrogen-bond donors (Lipinski definition) is 2. The van der Waals surface area contributed by atoms with Crippen LogP contribution in [0.1, 0.15) is 16.8 Å². The minimum absolute atomic E-state index is 0.0882. The third-order valence-corrected chi connectivity index (χ3v) is 2.97. The van der Waals surface area contributed by atoms with Crippen LogP contribution >= 0.6 is 0 Å². The van der Waals surface area contributed by atoms with Crippen molar-refractivity contribution >= 4 is 17.5 Å². The third-order valence-electron chi connectivity index (χ3n) is 2.97. The van der Waals surface area contributed by atoms with Crippen molar-refractivity contribution in [2.24, 2.45) is 0 Å². The monoisotopic (exact) mass is 247 g/mol. The summed E-state index contributed by atoms with van der Waals surface area (Å²) in [6.45, 7) is 1.40. The first-order valence-corrected chi connectivity index (χ1v) is 6.04. The van der Waals surface area contributed by atoms with Crippen molar-refractivity contribution in [2.45, 2.75) is 6.42 Å². The zero-order valence-electron chi connectivity index (χ0n) is 10.4. The average Bonchev–Trinajstić information content (AvgIpc) is 2.63. The van der Waals surface area contributed by atoms with Crippen molar-refractivity contribution < 1.29 is 9.59 Å². The lowest BCUT2D eigenvalue weighted by Crippen LogP contribution is -2.37. The number of amides is 2. The van der Waals surface area contributed by atoms with E-state index in [-0.39, 0.29) is 18.4 Å². The predicted octanol–water partition coefficient (Wildman–Crippen LogP) is 0.690. The molecule has 96 valence electrons. The molecule has 0 radical (unpaired) electrons. The molecule has 2 rings (SSSR count). The summed E-state index contributed by atoms with van der Waals surface area (Å²) in [5.41, 5.74) is 1.57. The van der Waals surface area contributed by atoms with E-state index in [4.69, 9.17) is 0 Å². The number of rotatable bonds is 2. The quantitative estimate of drug-likeness (QED) is 0.808. The fourth-order valence-electron chi connectivity index (χ4n) is 1.94. The van der Waals surface area contributed by atoms with Crippen LogP contribution in [0.15, 0.2) is 24.3 Å². The van der Waals surface area contributed by atoms with Gasteiger partial charge in [0.05, 0.1) is 6.54 Å². The Morgan fingerprint density at radius 1 is 1.33 bits per heavy atom. The van der Waals surface area contributed by atoms with Crippen LogP contribution in [0.3, 0.4) is 0 Å². The van der Waals surface area contributed by atoms with Gasteiger partial charge in [-0.2, -0.15) is 0 Å². The Labute approximate surface area is 106 Å². The Bertz CT molecular complexity index is 442. The summed E-state index contributed by atoms with van der Waals surface area (Å²) in [5.74, 6) is -0.178. The van der Waals surface area contributed by atoms with Crippen molar-refractivity contribution in [1.29, 1.82) is 0 Å². The number of nitrogens with one attached hydrogen (secondary N) is 2. The van der Waals surface area contributed by atoms with Gasteiger partial charge in [-0.3, -0.25) is 9.59 Å². The van der Waals surface area contributed by atoms with Crippen LogP contribution in [0, 0.1) is 0 Å². The summed E-state index contributed by atoms with van der Waals surface area (Å²) in [4.78, 5) is 25.2. The smallest absolute Gasteiger partial charge is 0.254 e. The zero-order chi connectivity index (χ0) is 13.0. The second-order valence-corrected chi connectivity index (χ2v) is 4.26. The molecule has 1 aliphatic rings. The van der Waals surface area contributed by atoms with E-state index in [1.54, 1.807) is 17.0 Å². The number of carbonyl (C=O) groups is 2. The van der Waals surface area contributed by atoms with Gasteiger partial charge in [0.2, 0.25) is 5.91 Å². The topological polar surface area (TPSA) is 61.4 Å². The van der Waals surface area contributed by atoms with Gasteiger partial charge in [0.15, 0.2) is 0 Å². The van der Waals surface area contributed by atoms with Gasteiger partial charge >= 0.3 is 0 Å². The maximum Gasteiger partial charge on any atom is 0.254 e. The zero-order valence-corrected chi connectivity index (χ0v) is 10.4. The first-order chi connectivity index (χ1) is 8.70. The minimum atomic E-state index is -0.0901. The molecule has 1 heterocycles. The van der Waals surface area contributed by atoms with E-state index in [1.165, 1.54) is 0 Å². The van der Waals surface area contributed by atoms with Crippen LogP contribution in [0.25, 0.3) is 0 Å². The van der Waals surface area contributed by atoms with Gasteiger partial charge in [-0.25, -0.2) is 0 Å². The summed E-state index contributed by atoms with van der Waals surface area (Å²) in [6.07, 6.45) is 0.798. The van der Waals surface area contributed by atoms with Crippen molar-refractivity contribution in [3.8, 4) is 0 Å². The highest BCUT2D eigenvalue weighted by molar-refractivity contribution is 5.96. The highest BCUT2D eigenvalue weighted by Crippen LogP contribution is 2.11. The molecule has 1 aliphatic heterocycles. The molecular weight excluding hydrogens is 230 g/mol. The molecule has 0 unspecified atom stereocenters. The maximum absolute atomic E-state index is 12.2. The molecule has 0 aliphatic carbocycles. The molecule has 1 saturated heterocycles. The molecule has 1 fully saturated rings. The Balaban J connectivity index is 2.11. The molecule has 1 aromatic carbocycles. The maximum atomic E-state index is 12.2. The summed E-state index contributed by atoms with van der Waals surface area (Å²) in [5, 5.41) is 5.76. The van der Waals surface area contributed by atoms with Crippen molar-refractivity contribution in [2.75, 3.05) is 32.0 Å². The van der Waals surface area contributed by atoms with Gasteiger partial charge in [-0.15, -0.1) is 0 Å². The molecule has 5 nitrogen and oxygen atoms in total.